The van der Waals surface area contributed by atoms with E-state index >= 15 is 0 Å². The number of nitrogens with zero attached hydrogens (tertiary/aromatic N) is 2. The van der Waals surface area contributed by atoms with Gasteiger partial charge in [0.25, 0.3) is 0 Å². The van der Waals surface area contributed by atoms with Crippen molar-refractivity contribution in [2.24, 2.45) is 0 Å². The van der Waals surface area contributed by atoms with Crippen LogP contribution in [0.3, 0.4) is 0 Å². The Balaban J connectivity index is 1.57. The molecular formula is C39H48FN3O6. The summed E-state index contributed by atoms with van der Waals surface area (Å²) < 4.78 is 26.2. The van der Waals surface area contributed by atoms with Crippen molar-refractivity contribution in [1.82, 2.24) is 15.1 Å². The Morgan fingerprint density at radius 1 is 1.02 bits per heavy atom. The van der Waals surface area contributed by atoms with E-state index in [-0.39, 0.29) is 57.4 Å². The monoisotopic (exact) mass is 673 g/mol. The number of aryl methyl sites for hydroxylation is 1. The highest BCUT2D eigenvalue weighted by atomic mass is 19.1. The molecule has 9 nitrogen and oxygen atoms in total. The first kappa shape index (κ1) is 37.1. The summed E-state index contributed by atoms with van der Waals surface area (Å²) in [5, 5.41) is 14.6. The molecule has 2 bridgehead atoms. The van der Waals surface area contributed by atoms with Gasteiger partial charge in [-0.25, -0.2) is 9.18 Å². The van der Waals surface area contributed by atoms with Crippen molar-refractivity contribution in [2.75, 3.05) is 26.2 Å². The van der Waals surface area contributed by atoms with E-state index in [1.54, 1.807) is 17.0 Å². The third-order valence-corrected chi connectivity index (χ3v) is 8.32. The topological polar surface area (TPSA) is 108 Å². The Morgan fingerprint density at radius 2 is 1.80 bits per heavy atom. The summed E-state index contributed by atoms with van der Waals surface area (Å²) in [6.07, 6.45) is 4.05. The molecule has 2 atom stereocenters. The van der Waals surface area contributed by atoms with Gasteiger partial charge in [0, 0.05) is 38.5 Å². The molecule has 49 heavy (non-hydrogen) atoms. The fraction of sp³-hybridized carbons (Fsp3) is 0.410. The maximum Gasteiger partial charge on any atom is 0.410 e. The maximum atomic E-state index is 14.8. The van der Waals surface area contributed by atoms with Crippen LogP contribution in [0.2, 0.25) is 0 Å². The lowest BCUT2D eigenvalue weighted by Gasteiger charge is -2.30. The molecule has 0 saturated heterocycles. The number of carbonyl (C=O) groups is 3. The van der Waals surface area contributed by atoms with Gasteiger partial charge in [0.05, 0.1) is 18.7 Å². The number of fused-ring (bicyclic) bond motifs is 2. The number of nitrogens with one attached hydrogen (secondary N) is 1. The number of aliphatic hydroxyl groups is 1. The summed E-state index contributed by atoms with van der Waals surface area (Å²) in [6.45, 7) is 5.28. The van der Waals surface area contributed by atoms with Gasteiger partial charge < -0.3 is 29.7 Å². The third kappa shape index (κ3) is 12.4. The molecule has 0 fully saturated rings. The van der Waals surface area contributed by atoms with E-state index in [9.17, 15) is 23.9 Å². The average Bonchev–Trinajstić information content (AvgIpc) is 3.09. The lowest BCUT2D eigenvalue weighted by molar-refractivity contribution is -0.131. The van der Waals surface area contributed by atoms with E-state index in [1.165, 1.54) is 17.0 Å². The fourth-order valence-corrected chi connectivity index (χ4v) is 5.73. The van der Waals surface area contributed by atoms with Crippen molar-refractivity contribution in [3.8, 4) is 5.75 Å². The number of hydrogen-bond acceptors (Lipinski definition) is 6. The molecule has 3 aromatic rings. The van der Waals surface area contributed by atoms with Crippen LogP contribution in [0.1, 0.15) is 61.8 Å². The van der Waals surface area contributed by atoms with Crippen LogP contribution in [0, 0.1) is 5.82 Å². The third-order valence-electron chi connectivity index (χ3n) is 8.32. The fourth-order valence-electron chi connectivity index (χ4n) is 5.73. The molecular weight excluding hydrogens is 625 g/mol. The van der Waals surface area contributed by atoms with Crippen LogP contribution in [-0.2, 0) is 40.3 Å². The molecule has 0 radical (unpaired) electrons. The second kappa shape index (κ2) is 19.3. The van der Waals surface area contributed by atoms with Crippen LogP contribution in [0.15, 0.2) is 84.9 Å². The van der Waals surface area contributed by atoms with Gasteiger partial charge in [0.1, 0.15) is 24.8 Å². The molecule has 10 heteroatoms. The molecule has 0 unspecified atom stereocenters. The summed E-state index contributed by atoms with van der Waals surface area (Å²) >= 11 is 0. The van der Waals surface area contributed by atoms with E-state index < -0.39 is 24.1 Å². The zero-order valence-electron chi connectivity index (χ0n) is 28.5. The Hall–Kier alpha value is -4.70. The standard InChI is InChI=1S/C39H48FN3O6/c1-3-18-42-19-8-9-20-48-34-23-32(22-33(40)25-34)24-35(41-37(45)16-11-17-38(42)46)36(44)27-43(26-31-15-10-14-29(4-2)21-31)39(47)49-28-30-12-6-5-7-13-30/h5-10,12-15,21-23,25,35-36,44H,3-4,11,16-20,24,26-28H2,1-2H3,(H,41,45)/b9-8+/t35-,36+/m0/s1. The zero-order chi connectivity index (χ0) is 35.0. The van der Waals surface area contributed by atoms with Gasteiger partial charge >= 0.3 is 6.09 Å². The van der Waals surface area contributed by atoms with Crippen molar-refractivity contribution >= 4 is 17.9 Å². The van der Waals surface area contributed by atoms with Crippen LogP contribution in [0.4, 0.5) is 9.18 Å². The minimum atomic E-state index is -1.25. The quantitative estimate of drug-likeness (QED) is 0.257. The van der Waals surface area contributed by atoms with E-state index in [4.69, 9.17) is 9.47 Å². The molecule has 0 aliphatic carbocycles. The van der Waals surface area contributed by atoms with Gasteiger partial charge in [-0.3, -0.25) is 9.59 Å². The average molecular weight is 674 g/mol. The second-order valence-corrected chi connectivity index (χ2v) is 12.3. The highest BCUT2D eigenvalue weighted by molar-refractivity contribution is 5.79. The summed E-state index contributed by atoms with van der Waals surface area (Å²) in [6, 6.07) is 20.6. The smallest absolute Gasteiger partial charge is 0.410 e. The van der Waals surface area contributed by atoms with Crippen molar-refractivity contribution in [3.05, 3.63) is 113 Å². The number of amides is 3. The first-order chi connectivity index (χ1) is 23.7. The van der Waals surface area contributed by atoms with Gasteiger partial charge in [-0.1, -0.05) is 74.5 Å². The number of benzene rings is 3. The molecule has 3 amide bonds. The van der Waals surface area contributed by atoms with Crippen LogP contribution in [0.5, 0.6) is 5.75 Å². The largest absolute Gasteiger partial charge is 0.489 e. The Kier molecular flexibility index (Phi) is 14.6. The molecule has 262 valence electrons. The molecule has 2 N–H and O–H groups in total. The number of ether oxygens (including phenoxy) is 2. The predicted molar refractivity (Wildman–Crippen MR) is 186 cm³/mol. The highest BCUT2D eigenvalue weighted by Crippen LogP contribution is 2.20. The summed E-state index contributed by atoms with van der Waals surface area (Å²) in [5.74, 6) is -0.626. The van der Waals surface area contributed by atoms with Crippen LogP contribution >= 0.6 is 0 Å². The van der Waals surface area contributed by atoms with E-state index in [0.29, 0.717) is 30.8 Å². The molecule has 4 rings (SSSR count). The van der Waals surface area contributed by atoms with Gasteiger partial charge in [-0.2, -0.15) is 0 Å². The molecule has 0 saturated carbocycles. The Labute approximate surface area is 288 Å². The Morgan fingerprint density at radius 3 is 2.57 bits per heavy atom. The second-order valence-electron chi connectivity index (χ2n) is 12.3. The van der Waals surface area contributed by atoms with Crippen molar-refractivity contribution < 1.29 is 33.4 Å². The van der Waals surface area contributed by atoms with Crippen molar-refractivity contribution in [3.63, 3.8) is 0 Å². The number of carbonyl (C=O) groups excluding carboxylic acids is 3. The number of aliphatic hydroxyl groups excluding tert-OH is 1. The highest BCUT2D eigenvalue weighted by Gasteiger charge is 2.28. The van der Waals surface area contributed by atoms with E-state index in [0.717, 1.165) is 29.5 Å². The zero-order valence-corrected chi connectivity index (χ0v) is 28.5. The van der Waals surface area contributed by atoms with Crippen molar-refractivity contribution in [1.29, 1.82) is 0 Å². The predicted octanol–water partition coefficient (Wildman–Crippen LogP) is 5.97. The molecule has 0 spiro atoms. The number of halogens is 1. The SMILES string of the molecule is CCCN1C/C=C/COc2cc(F)cc(c2)C[C@@H]([C@H](O)CN(Cc2cccc(CC)c2)C(=O)OCc2ccccc2)NC(=O)CCCC1=O. The van der Waals surface area contributed by atoms with Crippen LogP contribution in [0.25, 0.3) is 0 Å². The lowest BCUT2D eigenvalue weighted by atomic mass is 9.99. The van der Waals surface area contributed by atoms with Gasteiger partial charge in [0.2, 0.25) is 11.8 Å². The summed E-state index contributed by atoms with van der Waals surface area (Å²) in [4.78, 5) is 42.8. The molecule has 1 aliphatic rings. The van der Waals surface area contributed by atoms with Crippen LogP contribution in [-0.4, -0.2) is 71.2 Å². The molecule has 0 aromatic heterocycles. The summed E-state index contributed by atoms with van der Waals surface area (Å²) in [5.41, 5.74) is 3.29. The first-order valence-electron chi connectivity index (χ1n) is 17.1. The van der Waals surface area contributed by atoms with Gasteiger partial charge in [-0.15, -0.1) is 0 Å². The minimum Gasteiger partial charge on any atom is -0.489 e. The minimum absolute atomic E-state index is 0.0494. The van der Waals surface area contributed by atoms with E-state index in [1.807, 2.05) is 74.5 Å². The Bertz CT molecular complexity index is 1550. The molecule has 3 aromatic carbocycles. The van der Waals surface area contributed by atoms with Gasteiger partial charge in [0.15, 0.2) is 0 Å². The van der Waals surface area contributed by atoms with E-state index in [2.05, 4.69) is 5.32 Å². The maximum absolute atomic E-state index is 14.8. The normalized spacial score (nSPS) is 17.3. The number of hydrogen-bond donors (Lipinski definition) is 2. The number of rotatable bonds is 10. The van der Waals surface area contributed by atoms with Gasteiger partial charge in [-0.05, 0) is 66.1 Å². The molecule has 1 aliphatic heterocycles. The lowest BCUT2D eigenvalue weighted by Crippen LogP contribution is -2.50. The molecule has 1 heterocycles. The van der Waals surface area contributed by atoms with Crippen LogP contribution < -0.4 is 10.1 Å². The summed E-state index contributed by atoms with van der Waals surface area (Å²) in [7, 11) is 0. The van der Waals surface area contributed by atoms with Crippen molar-refractivity contribution in [2.45, 2.75) is 77.7 Å². The first-order valence-corrected chi connectivity index (χ1v) is 17.1.